The maximum Gasteiger partial charge on any atom is 0.120 e. The molecule has 3 aromatic carbocycles. The van der Waals surface area contributed by atoms with Crippen LogP contribution in [0.15, 0.2) is 96.1 Å². The van der Waals surface area contributed by atoms with Gasteiger partial charge in [0.05, 0.1) is 29.0 Å². The molecule has 4 aromatic rings. The lowest BCUT2D eigenvalue weighted by Crippen LogP contribution is -1.96. The number of hydrogen-bond donors (Lipinski definition) is 0. The first-order chi connectivity index (χ1) is 14.3. The molecule has 0 saturated heterocycles. The Labute approximate surface area is 169 Å². The van der Waals surface area contributed by atoms with Crippen LogP contribution in [0.2, 0.25) is 0 Å². The number of fused-ring (bicyclic) bond motifs is 1. The van der Waals surface area contributed by atoms with Crippen molar-refractivity contribution in [2.45, 2.75) is 12.6 Å². The molecule has 0 aliphatic carbocycles. The van der Waals surface area contributed by atoms with Gasteiger partial charge in [-0.25, -0.2) is 4.98 Å². The van der Waals surface area contributed by atoms with Crippen molar-refractivity contribution in [3.63, 3.8) is 0 Å². The molecule has 0 fully saturated rings. The highest BCUT2D eigenvalue weighted by molar-refractivity contribution is 6.11. The third kappa shape index (κ3) is 3.78. The molecule has 0 amide bonds. The predicted octanol–water partition coefficient (Wildman–Crippen LogP) is 5.42. The van der Waals surface area contributed by atoms with Gasteiger partial charge in [0.2, 0.25) is 0 Å². The molecule has 1 atom stereocenters. The Bertz CT molecular complexity index is 1210. The molecular formula is C25H19N3O. The van der Waals surface area contributed by atoms with Gasteiger partial charge in [-0.05, 0) is 41.5 Å². The monoisotopic (exact) mass is 377 g/mol. The van der Waals surface area contributed by atoms with Crippen LogP contribution in [0.1, 0.15) is 22.9 Å². The van der Waals surface area contributed by atoms with Gasteiger partial charge in [0.1, 0.15) is 12.4 Å². The van der Waals surface area contributed by atoms with Gasteiger partial charge in [-0.15, -0.1) is 0 Å². The molecule has 140 valence electrons. The van der Waals surface area contributed by atoms with Gasteiger partial charge in [0.25, 0.3) is 0 Å². The lowest BCUT2D eigenvalue weighted by atomic mass is 10.1. The van der Waals surface area contributed by atoms with E-state index in [0.29, 0.717) is 6.61 Å². The van der Waals surface area contributed by atoms with E-state index in [1.165, 1.54) is 0 Å². The standard InChI is InChI=1S/C25H19N3O/c1-2-7-18(8-3-1)17-29-21-10-6-9-19(13-21)24-14-20(15-26-24)25-16-27-22-11-4-5-12-23(22)28-25/h1-16,24H,17H2. The van der Waals surface area contributed by atoms with Crippen LogP contribution in [0.5, 0.6) is 5.75 Å². The molecule has 0 N–H and O–H groups in total. The van der Waals surface area contributed by atoms with E-state index in [2.05, 4.69) is 40.3 Å². The molecule has 29 heavy (non-hydrogen) atoms. The highest BCUT2D eigenvalue weighted by Gasteiger charge is 2.16. The first-order valence-corrected chi connectivity index (χ1v) is 9.59. The van der Waals surface area contributed by atoms with Gasteiger partial charge in [-0.2, -0.15) is 0 Å². The largest absolute Gasteiger partial charge is 0.489 e. The van der Waals surface area contributed by atoms with Crippen molar-refractivity contribution in [3.05, 3.63) is 108 Å². The Morgan fingerprint density at radius 1 is 0.828 bits per heavy atom. The molecule has 1 aliphatic rings. The van der Waals surface area contributed by atoms with Gasteiger partial charge in [0, 0.05) is 11.8 Å². The zero-order valence-electron chi connectivity index (χ0n) is 15.8. The molecule has 1 aliphatic heterocycles. The summed E-state index contributed by atoms with van der Waals surface area (Å²) in [6.07, 6.45) is 5.80. The topological polar surface area (TPSA) is 47.4 Å². The average molecular weight is 377 g/mol. The second-order valence-corrected chi connectivity index (χ2v) is 6.94. The Kier molecular flexibility index (Phi) is 4.59. The van der Waals surface area contributed by atoms with E-state index in [0.717, 1.165) is 39.2 Å². The lowest BCUT2D eigenvalue weighted by Gasteiger charge is -2.10. The third-order valence-corrected chi connectivity index (χ3v) is 4.90. The van der Waals surface area contributed by atoms with E-state index in [1.54, 1.807) is 0 Å². The van der Waals surface area contributed by atoms with Crippen molar-refractivity contribution in [1.29, 1.82) is 0 Å². The summed E-state index contributed by atoms with van der Waals surface area (Å²) in [5, 5.41) is 0. The average Bonchev–Trinajstić information content (AvgIpc) is 3.29. The summed E-state index contributed by atoms with van der Waals surface area (Å²) in [6, 6.07) is 26.1. The lowest BCUT2D eigenvalue weighted by molar-refractivity contribution is 0.306. The van der Waals surface area contributed by atoms with Crippen LogP contribution in [-0.2, 0) is 6.61 Å². The molecule has 4 heteroatoms. The van der Waals surface area contributed by atoms with Crippen LogP contribution in [0, 0.1) is 0 Å². The van der Waals surface area contributed by atoms with Crippen molar-refractivity contribution >= 4 is 22.8 Å². The van der Waals surface area contributed by atoms with Crippen LogP contribution in [-0.4, -0.2) is 16.2 Å². The minimum Gasteiger partial charge on any atom is -0.489 e. The fraction of sp³-hybridized carbons (Fsp3) is 0.0800. The molecule has 5 rings (SSSR count). The first kappa shape index (κ1) is 17.3. The minimum atomic E-state index is -0.0430. The quantitative estimate of drug-likeness (QED) is 0.467. The molecule has 2 heterocycles. The third-order valence-electron chi connectivity index (χ3n) is 4.90. The normalized spacial score (nSPS) is 15.4. The zero-order valence-corrected chi connectivity index (χ0v) is 15.8. The number of aromatic nitrogens is 2. The Balaban J connectivity index is 1.35. The molecule has 0 spiro atoms. The number of aliphatic imine (C=N–C) groups is 1. The predicted molar refractivity (Wildman–Crippen MR) is 116 cm³/mol. The zero-order chi connectivity index (χ0) is 19.5. The van der Waals surface area contributed by atoms with Gasteiger partial charge in [-0.1, -0.05) is 54.6 Å². The number of hydrogen-bond acceptors (Lipinski definition) is 4. The molecule has 1 unspecified atom stereocenters. The van der Waals surface area contributed by atoms with E-state index in [9.17, 15) is 0 Å². The highest BCUT2D eigenvalue weighted by atomic mass is 16.5. The van der Waals surface area contributed by atoms with Crippen molar-refractivity contribution in [1.82, 2.24) is 9.97 Å². The van der Waals surface area contributed by atoms with Crippen LogP contribution >= 0.6 is 0 Å². The first-order valence-electron chi connectivity index (χ1n) is 9.59. The van der Waals surface area contributed by atoms with Gasteiger partial charge in [0.15, 0.2) is 0 Å². The second kappa shape index (κ2) is 7.68. The molecule has 1 aromatic heterocycles. The molecular weight excluding hydrogens is 358 g/mol. The summed E-state index contributed by atoms with van der Waals surface area (Å²) in [5.41, 5.74) is 5.85. The van der Waals surface area contributed by atoms with E-state index in [-0.39, 0.29) is 6.04 Å². The summed E-state index contributed by atoms with van der Waals surface area (Å²) < 4.78 is 5.96. The smallest absolute Gasteiger partial charge is 0.120 e. The summed E-state index contributed by atoms with van der Waals surface area (Å²) in [6.45, 7) is 0.548. The van der Waals surface area contributed by atoms with E-state index in [4.69, 9.17) is 9.72 Å². The number of allylic oxidation sites excluding steroid dienone is 1. The van der Waals surface area contributed by atoms with Gasteiger partial charge in [-0.3, -0.25) is 9.98 Å². The molecule has 0 saturated carbocycles. The van der Waals surface area contributed by atoms with Gasteiger partial charge >= 0.3 is 0 Å². The SMILES string of the molecule is C1=NC(c2cccc(OCc3ccccc3)c2)C=C1c1cnc2ccccc2n1. The summed E-state index contributed by atoms with van der Waals surface area (Å²) in [5.74, 6) is 0.842. The van der Waals surface area contributed by atoms with Crippen LogP contribution in [0.3, 0.4) is 0 Å². The van der Waals surface area contributed by atoms with Crippen molar-refractivity contribution in [2.75, 3.05) is 0 Å². The number of ether oxygens (including phenoxy) is 1. The van der Waals surface area contributed by atoms with E-state index >= 15 is 0 Å². The second-order valence-electron chi connectivity index (χ2n) is 6.94. The molecule has 0 bridgehead atoms. The summed E-state index contributed by atoms with van der Waals surface area (Å²) in [4.78, 5) is 13.9. The van der Waals surface area contributed by atoms with E-state index < -0.39 is 0 Å². The number of benzene rings is 3. The van der Waals surface area contributed by atoms with Crippen LogP contribution in [0.4, 0.5) is 0 Å². The summed E-state index contributed by atoms with van der Waals surface area (Å²) >= 11 is 0. The highest BCUT2D eigenvalue weighted by Crippen LogP contribution is 2.30. The Morgan fingerprint density at radius 3 is 2.55 bits per heavy atom. The van der Waals surface area contributed by atoms with Crippen LogP contribution < -0.4 is 4.74 Å². The number of nitrogens with zero attached hydrogens (tertiary/aromatic N) is 3. The van der Waals surface area contributed by atoms with Crippen molar-refractivity contribution < 1.29 is 4.74 Å². The minimum absolute atomic E-state index is 0.0430. The Hall–Kier alpha value is -3.79. The fourth-order valence-corrected chi connectivity index (χ4v) is 3.38. The van der Waals surface area contributed by atoms with Gasteiger partial charge < -0.3 is 4.74 Å². The van der Waals surface area contributed by atoms with E-state index in [1.807, 2.05) is 67.0 Å². The fourth-order valence-electron chi connectivity index (χ4n) is 3.38. The van der Waals surface area contributed by atoms with Crippen molar-refractivity contribution in [3.8, 4) is 5.75 Å². The number of para-hydroxylation sites is 2. The maximum absolute atomic E-state index is 5.96. The summed E-state index contributed by atoms with van der Waals surface area (Å²) in [7, 11) is 0. The molecule has 0 radical (unpaired) electrons. The maximum atomic E-state index is 5.96. The van der Waals surface area contributed by atoms with Crippen LogP contribution in [0.25, 0.3) is 16.6 Å². The Morgan fingerprint density at radius 2 is 1.66 bits per heavy atom. The molecule has 4 nitrogen and oxygen atoms in total. The van der Waals surface area contributed by atoms with Crippen molar-refractivity contribution in [2.24, 2.45) is 4.99 Å². The number of rotatable bonds is 5.